The number of nitrogens with two attached hydrogens (primary N) is 1. The van der Waals surface area contributed by atoms with Gasteiger partial charge in [0.1, 0.15) is 0 Å². The number of alkyl halides is 3. The minimum atomic E-state index is -4.10. The highest BCUT2D eigenvalue weighted by Crippen LogP contribution is 2.24. The Morgan fingerprint density at radius 2 is 1.73 bits per heavy atom. The standard InChI is InChI=1S/C10H18F3NO/c11-10(12,13)5-6-15-7-8-1-3-9(14)4-2-8/h8-9H,1-7,14H2/t8-,9-. The first kappa shape index (κ1) is 12.8. The lowest BCUT2D eigenvalue weighted by molar-refractivity contribution is -0.146. The van der Waals surface area contributed by atoms with E-state index in [1.807, 2.05) is 0 Å². The summed E-state index contributed by atoms with van der Waals surface area (Å²) in [4.78, 5) is 0. The molecule has 0 saturated heterocycles. The molecule has 1 aliphatic carbocycles. The normalized spacial score (nSPS) is 28.0. The molecule has 0 bridgehead atoms. The molecule has 1 saturated carbocycles. The van der Waals surface area contributed by atoms with Crippen LogP contribution in [0.3, 0.4) is 0 Å². The summed E-state index contributed by atoms with van der Waals surface area (Å²) < 4.78 is 40.4. The first-order valence-corrected chi connectivity index (χ1v) is 5.37. The molecule has 0 aromatic rings. The molecule has 0 aromatic heterocycles. The van der Waals surface area contributed by atoms with Crippen molar-refractivity contribution in [3.05, 3.63) is 0 Å². The molecule has 2 nitrogen and oxygen atoms in total. The second-order valence-electron chi connectivity index (χ2n) is 4.22. The highest BCUT2D eigenvalue weighted by Gasteiger charge is 2.26. The number of hydrogen-bond donors (Lipinski definition) is 1. The number of halogens is 3. The summed E-state index contributed by atoms with van der Waals surface area (Å²) in [6.45, 7) is 0.231. The van der Waals surface area contributed by atoms with E-state index in [1.165, 1.54) is 0 Å². The number of ether oxygens (including phenoxy) is 1. The van der Waals surface area contributed by atoms with Crippen molar-refractivity contribution in [1.29, 1.82) is 0 Å². The van der Waals surface area contributed by atoms with E-state index < -0.39 is 12.6 Å². The van der Waals surface area contributed by atoms with E-state index in [1.54, 1.807) is 0 Å². The Hall–Kier alpha value is -0.290. The van der Waals surface area contributed by atoms with Crippen LogP contribution < -0.4 is 5.73 Å². The van der Waals surface area contributed by atoms with Gasteiger partial charge in [0, 0.05) is 12.6 Å². The summed E-state index contributed by atoms with van der Waals surface area (Å²) in [6.07, 6.45) is -1.06. The zero-order valence-electron chi connectivity index (χ0n) is 8.72. The molecule has 15 heavy (non-hydrogen) atoms. The Labute approximate surface area is 88.0 Å². The number of hydrogen-bond acceptors (Lipinski definition) is 2. The molecule has 1 rings (SSSR count). The summed E-state index contributed by atoms with van der Waals surface area (Å²) in [7, 11) is 0. The lowest BCUT2D eigenvalue weighted by atomic mass is 9.87. The van der Waals surface area contributed by atoms with Crippen molar-refractivity contribution in [2.45, 2.75) is 44.3 Å². The molecular formula is C10H18F3NO. The van der Waals surface area contributed by atoms with Gasteiger partial charge >= 0.3 is 6.18 Å². The Balaban J connectivity index is 2.01. The van der Waals surface area contributed by atoms with Crippen LogP contribution in [0.1, 0.15) is 32.1 Å². The maximum Gasteiger partial charge on any atom is 0.391 e. The maximum atomic E-state index is 11.8. The Bertz CT molecular complexity index is 176. The van der Waals surface area contributed by atoms with Gasteiger partial charge in [-0.15, -0.1) is 0 Å². The fourth-order valence-electron chi connectivity index (χ4n) is 1.79. The average molecular weight is 225 g/mol. The van der Waals surface area contributed by atoms with Crippen molar-refractivity contribution in [2.24, 2.45) is 11.7 Å². The average Bonchev–Trinajstić information content (AvgIpc) is 2.14. The zero-order chi connectivity index (χ0) is 11.3. The van der Waals surface area contributed by atoms with Gasteiger partial charge in [-0.2, -0.15) is 13.2 Å². The molecule has 2 N–H and O–H groups in total. The Kier molecular flexibility index (Phi) is 4.86. The van der Waals surface area contributed by atoms with Gasteiger partial charge in [0.15, 0.2) is 0 Å². The molecule has 5 heteroatoms. The maximum absolute atomic E-state index is 11.8. The minimum absolute atomic E-state index is 0.216. The third-order valence-electron chi connectivity index (χ3n) is 2.77. The lowest BCUT2D eigenvalue weighted by Crippen LogP contribution is -2.28. The Morgan fingerprint density at radius 3 is 2.27 bits per heavy atom. The van der Waals surface area contributed by atoms with Crippen LogP contribution in [0.2, 0.25) is 0 Å². The molecule has 0 radical (unpaired) electrons. The third kappa shape index (κ3) is 5.99. The summed E-state index contributed by atoms with van der Waals surface area (Å²) in [6, 6.07) is 0.274. The molecule has 0 aliphatic heterocycles. The topological polar surface area (TPSA) is 35.2 Å². The molecule has 0 unspecified atom stereocenters. The van der Waals surface area contributed by atoms with E-state index >= 15 is 0 Å². The molecule has 1 aliphatic rings. The second kappa shape index (κ2) is 5.70. The van der Waals surface area contributed by atoms with Gasteiger partial charge in [-0.1, -0.05) is 0 Å². The fraction of sp³-hybridized carbons (Fsp3) is 1.00. The van der Waals surface area contributed by atoms with Gasteiger partial charge in [0.05, 0.1) is 13.0 Å². The predicted molar refractivity (Wildman–Crippen MR) is 51.4 cm³/mol. The van der Waals surface area contributed by atoms with Crippen LogP contribution in [0.5, 0.6) is 0 Å². The van der Waals surface area contributed by atoms with Crippen molar-refractivity contribution < 1.29 is 17.9 Å². The van der Waals surface area contributed by atoms with E-state index in [0.717, 1.165) is 25.7 Å². The van der Waals surface area contributed by atoms with Crippen molar-refractivity contribution in [3.63, 3.8) is 0 Å². The van der Waals surface area contributed by atoms with Crippen LogP contribution in [0.4, 0.5) is 13.2 Å². The highest BCUT2D eigenvalue weighted by molar-refractivity contribution is 4.73. The van der Waals surface area contributed by atoms with Crippen LogP contribution in [0, 0.1) is 5.92 Å². The van der Waals surface area contributed by atoms with Crippen molar-refractivity contribution >= 4 is 0 Å². The lowest BCUT2D eigenvalue weighted by Gasteiger charge is -2.25. The van der Waals surface area contributed by atoms with Gasteiger partial charge in [0.2, 0.25) is 0 Å². The first-order chi connectivity index (χ1) is 6.97. The molecule has 0 amide bonds. The summed E-state index contributed by atoms with van der Waals surface area (Å²) in [5, 5.41) is 0. The van der Waals surface area contributed by atoms with E-state index in [9.17, 15) is 13.2 Å². The Morgan fingerprint density at radius 1 is 1.13 bits per heavy atom. The van der Waals surface area contributed by atoms with Crippen molar-refractivity contribution in [1.82, 2.24) is 0 Å². The van der Waals surface area contributed by atoms with Crippen LogP contribution in [0.25, 0.3) is 0 Å². The molecule has 0 spiro atoms. The molecule has 0 atom stereocenters. The largest absolute Gasteiger partial charge is 0.391 e. The summed E-state index contributed by atoms with van der Waals surface area (Å²) in [5.74, 6) is 0.401. The molecule has 1 fully saturated rings. The highest BCUT2D eigenvalue weighted by atomic mass is 19.4. The predicted octanol–water partition coefficient (Wildman–Crippen LogP) is 2.47. The third-order valence-corrected chi connectivity index (χ3v) is 2.77. The van der Waals surface area contributed by atoms with E-state index in [0.29, 0.717) is 12.5 Å². The molecule has 0 aromatic carbocycles. The van der Waals surface area contributed by atoms with Crippen LogP contribution in [-0.2, 0) is 4.74 Å². The van der Waals surface area contributed by atoms with Crippen LogP contribution >= 0.6 is 0 Å². The van der Waals surface area contributed by atoms with Gasteiger partial charge in [-0.3, -0.25) is 0 Å². The van der Waals surface area contributed by atoms with E-state index in [2.05, 4.69) is 0 Å². The molecule has 0 heterocycles. The molecule has 90 valence electrons. The van der Waals surface area contributed by atoms with E-state index in [-0.39, 0.29) is 12.6 Å². The van der Waals surface area contributed by atoms with E-state index in [4.69, 9.17) is 10.5 Å². The summed E-state index contributed by atoms with van der Waals surface area (Å²) in [5.41, 5.74) is 5.72. The first-order valence-electron chi connectivity index (χ1n) is 5.37. The minimum Gasteiger partial charge on any atom is -0.381 e. The van der Waals surface area contributed by atoms with Gasteiger partial charge < -0.3 is 10.5 Å². The van der Waals surface area contributed by atoms with Gasteiger partial charge in [-0.25, -0.2) is 0 Å². The fourth-order valence-corrected chi connectivity index (χ4v) is 1.79. The quantitative estimate of drug-likeness (QED) is 0.746. The second-order valence-corrected chi connectivity index (χ2v) is 4.22. The monoisotopic (exact) mass is 225 g/mol. The summed E-state index contributed by atoms with van der Waals surface area (Å²) >= 11 is 0. The zero-order valence-corrected chi connectivity index (χ0v) is 8.72. The van der Waals surface area contributed by atoms with Gasteiger partial charge in [0.25, 0.3) is 0 Å². The van der Waals surface area contributed by atoms with Crippen LogP contribution in [0.15, 0.2) is 0 Å². The molecular weight excluding hydrogens is 207 g/mol. The van der Waals surface area contributed by atoms with Gasteiger partial charge in [-0.05, 0) is 31.6 Å². The number of rotatable bonds is 4. The van der Waals surface area contributed by atoms with Crippen LogP contribution in [-0.4, -0.2) is 25.4 Å². The smallest absolute Gasteiger partial charge is 0.381 e. The van der Waals surface area contributed by atoms with Crippen molar-refractivity contribution in [3.8, 4) is 0 Å². The van der Waals surface area contributed by atoms with Crippen molar-refractivity contribution in [2.75, 3.05) is 13.2 Å². The SMILES string of the molecule is N[C@H]1CC[C@H](COCCC(F)(F)F)CC1.